The Kier molecular flexibility index (Phi) is 7.57. The summed E-state index contributed by atoms with van der Waals surface area (Å²) in [6.45, 7) is 0. The molecule has 0 aliphatic rings. The molecule has 3 heterocycles. The summed E-state index contributed by atoms with van der Waals surface area (Å²) in [5.74, 6) is 0. The Morgan fingerprint density at radius 3 is 1.56 bits per heavy atom. The Morgan fingerprint density at radius 2 is 0.774 bits per heavy atom. The van der Waals surface area contributed by atoms with Crippen LogP contribution in [0.15, 0.2) is 231 Å². The topological polar surface area (TPSA) is 15.8 Å². The Balaban J connectivity index is 1.07. The van der Waals surface area contributed by atoms with Gasteiger partial charge in [-0.2, -0.15) is 0 Å². The van der Waals surface area contributed by atoms with Crippen molar-refractivity contribution in [2.45, 2.75) is 0 Å². The highest BCUT2D eigenvalue weighted by molar-refractivity contribution is 6.31. The van der Waals surface area contributed by atoms with Crippen LogP contribution < -0.4 is 9.80 Å². The second-order valence-electron chi connectivity index (χ2n) is 16.1. The van der Waals surface area contributed by atoms with E-state index in [9.17, 15) is 0 Å². The highest BCUT2D eigenvalue weighted by atomic mass is 15.2. The molecule has 0 saturated heterocycles. The van der Waals surface area contributed by atoms with Gasteiger partial charge in [0.05, 0.1) is 33.3 Å². The van der Waals surface area contributed by atoms with E-state index >= 15 is 0 Å². The molecular formula is C58H38N4. The van der Waals surface area contributed by atoms with Crippen LogP contribution in [0, 0.1) is 0 Å². The van der Waals surface area contributed by atoms with Crippen LogP contribution in [0.25, 0.3) is 76.4 Å². The summed E-state index contributed by atoms with van der Waals surface area (Å²) in [6, 6.07) is 83.9. The van der Waals surface area contributed by atoms with Gasteiger partial charge in [0.15, 0.2) is 0 Å². The van der Waals surface area contributed by atoms with Crippen molar-refractivity contribution in [2.75, 3.05) is 9.80 Å². The van der Waals surface area contributed by atoms with E-state index in [-0.39, 0.29) is 0 Å². The molecule has 4 heteroatoms. The number of fused-ring (bicyclic) bond motifs is 6. The molecule has 0 fully saturated rings. The van der Waals surface area contributed by atoms with Crippen molar-refractivity contribution < 1.29 is 0 Å². The van der Waals surface area contributed by atoms with Gasteiger partial charge in [-0.1, -0.05) is 140 Å². The molecule has 0 atom stereocenters. The molecule has 0 aliphatic carbocycles. The van der Waals surface area contributed by atoms with Gasteiger partial charge in [-0.05, 0) is 102 Å². The number of anilines is 6. The van der Waals surface area contributed by atoms with Crippen LogP contribution in [-0.4, -0.2) is 8.97 Å². The SMILES string of the molecule is c1ccc(N(c2ccccc2)c2cccc(N(c3cccc(-n4c5cccc6c7cccc8c9ccccc9n(c9cccc4c9c65)c78)c3)c3cccc4ccccc34)c2)cc1. The average molecular weight is 791 g/mol. The Hall–Kier alpha value is -8.34. The van der Waals surface area contributed by atoms with E-state index in [1.165, 1.54) is 70.7 Å². The molecule has 10 aromatic carbocycles. The van der Waals surface area contributed by atoms with E-state index in [1.807, 2.05) is 0 Å². The zero-order valence-electron chi connectivity index (χ0n) is 33.7. The maximum atomic E-state index is 2.51. The fourth-order valence-electron chi connectivity index (χ4n) is 10.2. The lowest BCUT2D eigenvalue weighted by Crippen LogP contribution is -2.13. The van der Waals surface area contributed by atoms with Crippen molar-refractivity contribution in [3.63, 3.8) is 0 Å². The van der Waals surface area contributed by atoms with Crippen LogP contribution >= 0.6 is 0 Å². The molecule has 0 aliphatic heterocycles. The lowest BCUT2D eigenvalue weighted by molar-refractivity contribution is 1.17. The molecule has 62 heavy (non-hydrogen) atoms. The molecule has 0 unspecified atom stereocenters. The first-order valence-electron chi connectivity index (χ1n) is 21.3. The number of nitrogens with zero attached hydrogens (tertiary/aromatic N) is 4. The summed E-state index contributed by atoms with van der Waals surface area (Å²) in [7, 11) is 0. The standard InChI is InChI=1S/C58H38N4/c1-3-19-40(20-4-1)59(41-21-5-2-6-22-41)42-23-12-24-43(37-42)60(51-33-11-18-39-17-7-8-27-46(39)51)44-25-13-26-45(38-44)61-53-34-15-29-48-50-31-14-30-49-47-28-9-10-32-52(47)62(58(49)50)55-36-16-35-54(61)57(55)56(48)53/h1-38H. The summed E-state index contributed by atoms with van der Waals surface area (Å²) in [6.07, 6.45) is 0. The molecule has 3 aromatic heterocycles. The monoisotopic (exact) mass is 790 g/mol. The van der Waals surface area contributed by atoms with E-state index in [0.717, 1.165) is 39.8 Å². The number of benzene rings is 10. The quantitative estimate of drug-likeness (QED) is 0.160. The molecule has 290 valence electrons. The summed E-state index contributed by atoms with van der Waals surface area (Å²) < 4.78 is 4.98. The van der Waals surface area contributed by atoms with E-state index in [4.69, 9.17) is 0 Å². The molecule has 0 N–H and O–H groups in total. The number of aromatic nitrogens is 2. The number of rotatable bonds is 7. The van der Waals surface area contributed by atoms with Crippen LogP contribution in [0.2, 0.25) is 0 Å². The van der Waals surface area contributed by atoms with Gasteiger partial charge >= 0.3 is 0 Å². The lowest BCUT2D eigenvalue weighted by Gasteiger charge is -2.30. The predicted molar refractivity (Wildman–Crippen MR) is 262 cm³/mol. The van der Waals surface area contributed by atoms with Crippen LogP contribution in [0.3, 0.4) is 0 Å². The number of hydrogen-bond donors (Lipinski definition) is 0. The van der Waals surface area contributed by atoms with Crippen molar-refractivity contribution in [1.82, 2.24) is 8.97 Å². The normalized spacial score (nSPS) is 11.9. The molecule has 0 spiro atoms. The summed E-state index contributed by atoms with van der Waals surface area (Å²) >= 11 is 0. The molecule has 13 aromatic rings. The highest BCUT2D eigenvalue weighted by Crippen LogP contribution is 2.46. The van der Waals surface area contributed by atoms with Crippen LogP contribution in [-0.2, 0) is 0 Å². The Labute approximate surface area is 358 Å². The third-order valence-electron chi connectivity index (χ3n) is 12.7. The van der Waals surface area contributed by atoms with Gasteiger partial charge in [0.1, 0.15) is 0 Å². The molecule has 0 bridgehead atoms. The smallest absolute Gasteiger partial charge is 0.0619 e. The van der Waals surface area contributed by atoms with E-state index in [0.29, 0.717) is 0 Å². The second kappa shape index (κ2) is 13.6. The first kappa shape index (κ1) is 34.5. The predicted octanol–water partition coefficient (Wildman–Crippen LogP) is 16.0. The van der Waals surface area contributed by atoms with E-state index < -0.39 is 0 Å². The van der Waals surface area contributed by atoms with Crippen molar-refractivity contribution in [3.8, 4) is 5.69 Å². The van der Waals surface area contributed by atoms with E-state index in [2.05, 4.69) is 249 Å². The highest BCUT2D eigenvalue weighted by Gasteiger charge is 2.23. The summed E-state index contributed by atoms with van der Waals surface area (Å²) in [5, 5.41) is 10.0. The fraction of sp³-hybridized carbons (Fsp3) is 0. The minimum atomic E-state index is 1.06. The molecular weight excluding hydrogens is 753 g/mol. The molecule has 0 amide bonds. The first-order chi connectivity index (χ1) is 30.8. The molecule has 4 nitrogen and oxygen atoms in total. The van der Waals surface area contributed by atoms with Crippen molar-refractivity contribution >= 4 is 105 Å². The van der Waals surface area contributed by atoms with Crippen LogP contribution in [0.1, 0.15) is 0 Å². The van der Waals surface area contributed by atoms with Gasteiger partial charge in [0.25, 0.3) is 0 Å². The number of para-hydroxylation sites is 4. The van der Waals surface area contributed by atoms with Crippen molar-refractivity contribution in [2.24, 2.45) is 0 Å². The Morgan fingerprint density at radius 1 is 0.290 bits per heavy atom. The van der Waals surface area contributed by atoms with Gasteiger partial charge < -0.3 is 18.8 Å². The Bertz CT molecular complexity index is 3780. The van der Waals surface area contributed by atoms with Gasteiger partial charge in [-0.25, -0.2) is 0 Å². The summed E-state index contributed by atoms with van der Waals surface area (Å²) in [5.41, 5.74) is 13.7. The van der Waals surface area contributed by atoms with E-state index in [1.54, 1.807) is 0 Å². The minimum Gasteiger partial charge on any atom is -0.310 e. The zero-order valence-corrected chi connectivity index (χ0v) is 33.7. The molecule has 13 rings (SSSR count). The van der Waals surface area contributed by atoms with Crippen molar-refractivity contribution in [3.05, 3.63) is 231 Å². The maximum Gasteiger partial charge on any atom is 0.0619 e. The summed E-state index contributed by atoms with van der Waals surface area (Å²) in [4.78, 5) is 4.76. The fourth-order valence-corrected chi connectivity index (χ4v) is 10.2. The van der Waals surface area contributed by atoms with Gasteiger partial charge in [0, 0.05) is 66.4 Å². The van der Waals surface area contributed by atoms with Crippen molar-refractivity contribution in [1.29, 1.82) is 0 Å². The molecule has 0 radical (unpaired) electrons. The third kappa shape index (κ3) is 5.07. The first-order valence-corrected chi connectivity index (χ1v) is 21.3. The molecule has 0 saturated carbocycles. The lowest BCUT2D eigenvalue weighted by atomic mass is 10.0. The van der Waals surface area contributed by atoms with Gasteiger partial charge in [-0.3, -0.25) is 0 Å². The van der Waals surface area contributed by atoms with Gasteiger partial charge in [-0.15, -0.1) is 0 Å². The number of hydrogen-bond acceptors (Lipinski definition) is 2. The van der Waals surface area contributed by atoms with Gasteiger partial charge in [0.2, 0.25) is 0 Å². The van der Waals surface area contributed by atoms with Crippen LogP contribution in [0.4, 0.5) is 34.1 Å². The minimum absolute atomic E-state index is 1.06. The third-order valence-corrected chi connectivity index (χ3v) is 12.7. The second-order valence-corrected chi connectivity index (χ2v) is 16.1. The van der Waals surface area contributed by atoms with Crippen LogP contribution in [0.5, 0.6) is 0 Å². The zero-order chi connectivity index (χ0) is 40.7. The largest absolute Gasteiger partial charge is 0.310 e. The average Bonchev–Trinajstić information content (AvgIpc) is 3.82. The maximum absolute atomic E-state index is 2.51.